The van der Waals surface area contributed by atoms with E-state index in [4.69, 9.17) is 7.85 Å². The minimum absolute atomic E-state index is 0.0766. The largest absolute Gasteiger partial charge is 0.434 e. The molecule has 0 amide bonds. The molecule has 0 spiro atoms. The molecule has 1 aromatic heterocycles. The SMILES string of the molecule is [B]c1c(C(F)(F)F)nn(C)c1N=C. The Morgan fingerprint density at radius 3 is 2.31 bits per heavy atom. The third-order valence-corrected chi connectivity index (χ3v) is 1.47. The van der Waals surface area contributed by atoms with Crippen LogP contribution in [0.3, 0.4) is 0 Å². The highest BCUT2D eigenvalue weighted by atomic mass is 19.4. The van der Waals surface area contributed by atoms with Crippen molar-refractivity contribution in [1.82, 2.24) is 9.78 Å². The smallest absolute Gasteiger partial charge is 0.251 e. The summed E-state index contributed by atoms with van der Waals surface area (Å²) in [7, 11) is 6.48. The molecule has 1 heterocycles. The van der Waals surface area contributed by atoms with Crippen LogP contribution < -0.4 is 5.46 Å². The molecule has 0 bridgehead atoms. The van der Waals surface area contributed by atoms with Crippen LogP contribution in [0.25, 0.3) is 0 Å². The van der Waals surface area contributed by atoms with Crippen molar-refractivity contribution in [1.29, 1.82) is 0 Å². The predicted molar refractivity (Wildman–Crippen MR) is 42.8 cm³/mol. The Balaban J connectivity index is 3.34. The maximum absolute atomic E-state index is 12.2. The summed E-state index contributed by atoms with van der Waals surface area (Å²) in [5.74, 6) is -0.0766. The molecule has 0 aliphatic heterocycles. The van der Waals surface area contributed by atoms with Crippen molar-refractivity contribution in [3.8, 4) is 0 Å². The monoisotopic (exact) mass is 187 g/mol. The molecule has 0 aromatic carbocycles. The van der Waals surface area contributed by atoms with Crippen LogP contribution in [-0.4, -0.2) is 24.3 Å². The number of hydrogen-bond acceptors (Lipinski definition) is 2. The summed E-state index contributed by atoms with van der Waals surface area (Å²) in [5.41, 5.74) is -1.62. The topological polar surface area (TPSA) is 30.2 Å². The number of aromatic nitrogens is 2. The van der Waals surface area contributed by atoms with Crippen molar-refractivity contribution in [2.75, 3.05) is 0 Å². The Morgan fingerprint density at radius 2 is 2.08 bits per heavy atom. The molecule has 0 fully saturated rings. The first-order chi connectivity index (χ1) is 5.88. The van der Waals surface area contributed by atoms with Gasteiger partial charge in [0, 0.05) is 7.05 Å². The number of halogens is 3. The second-order valence-electron chi connectivity index (χ2n) is 2.37. The van der Waals surface area contributed by atoms with E-state index >= 15 is 0 Å². The quantitative estimate of drug-likeness (QED) is 0.466. The van der Waals surface area contributed by atoms with Crippen LogP contribution in [-0.2, 0) is 13.2 Å². The maximum atomic E-state index is 12.2. The van der Waals surface area contributed by atoms with Crippen LogP contribution in [0.15, 0.2) is 4.99 Å². The summed E-state index contributed by atoms with van der Waals surface area (Å²) in [5, 5.41) is 3.19. The first-order valence-corrected chi connectivity index (χ1v) is 3.24. The second kappa shape index (κ2) is 2.90. The van der Waals surface area contributed by atoms with Crippen molar-refractivity contribution < 1.29 is 13.2 Å². The van der Waals surface area contributed by atoms with Gasteiger partial charge in [-0.05, 0) is 12.2 Å². The molecule has 0 saturated carbocycles. The van der Waals surface area contributed by atoms with Gasteiger partial charge in [-0.3, -0.25) is 4.68 Å². The number of alkyl halides is 3. The Hall–Kier alpha value is -1.27. The molecule has 2 radical (unpaired) electrons. The number of aliphatic imine (C=N–C) groups is 1. The fourth-order valence-corrected chi connectivity index (χ4v) is 0.928. The highest BCUT2D eigenvalue weighted by molar-refractivity contribution is 6.36. The third-order valence-electron chi connectivity index (χ3n) is 1.47. The van der Waals surface area contributed by atoms with Gasteiger partial charge in [0.2, 0.25) is 0 Å². The van der Waals surface area contributed by atoms with Crippen LogP contribution in [0.1, 0.15) is 5.69 Å². The van der Waals surface area contributed by atoms with Crippen molar-refractivity contribution in [2.45, 2.75) is 6.18 Å². The van der Waals surface area contributed by atoms with Gasteiger partial charge in [-0.2, -0.15) is 18.3 Å². The zero-order valence-corrected chi connectivity index (χ0v) is 6.76. The molecular weight excluding hydrogens is 182 g/mol. The molecule has 0 saturated heterocycles. The lowest BCUT2D eigenvalue weighted by molar-refractivity contribution is -0.140. The van der Waals surface area contributed by atoms with E-state index in [1.807, 2.05) is 0 Å². The summed E-state index contributed by atoms with van der Waals surface area (Å²) in [6.45, 7) is 3.09. The predicted octanol–water partition coefficient (Wildman–Crippen LogP) is 0.565. The number of hydrogen-bond donors (Lipinski definition) is 0. The molecule has 0 atom stereocenters. The molecule has 0 aliphatic rings. The molecule has 1 rings (SSSR count). The van der Waals surface area contributed by atoms with Crippen molar-refractivity contribution in [3.05, 3.63) is 5.69 Å². The molecule has 13 heavy (non-hydrogen) atoms. The van der Waals surface area contributed by atoms with E-state index in [1.54, 1.807) is 0 Å². The summed E-state index contributed by atoms with van der Waals surface area (Å²) in [4.78, 5) is 3.33. The van der Waals surface area contributed by atoms with Crippen molar-refractivity contribution >= 4 is 25.8 Å². The molecule has 0 aliphatic carbocycles. The van der Waals surface area contributed by atoms with Gasteiger partial charge in [0.15, 0.2) is 5.69 Å². The maximum Gasteiger partial charge on any atom is 0.434 e. The Kier molecular flexibility index (Phi) is 2.19. The summed E-state index contributed by atoms with van der Waals surface area (Å²) < 4.78 is 37.4. The standard InChI is InChI=1S/C6H5BF3N3/c1-11-5-3(7)4(6(8,9)10)12-13(5)2/h1H2,2H3. The summed E-state index contributed by atoms with van der Waals surface area (Å²) in [6, 6.07) is 0. The van der Waals surface area contributed by atoms with E-state index in [0.717, 1.165) is 4.68 Å². The first kappa shape index (κ1) is 9.82. The highest BCUT2D eigenvalue weighted by Gasteiger charge is 2.36. The fraction of sp³-hybridized carbons (Fsp3) is 0.333. The zero-order chi connectivity index (χ0) is 10.2. The molecule has 68 valence electrons. The average molecular weight is 187 g/mol. The minimum atomic E-state index is -4.55. The minimum Gasteiger partial charge on any atom is -0.251 e. The first-order valence-electron chi connectivity index (χ1n) is 3.24. The fourth-order valence-electron chi connectivity index (χ4n) is 0.928. The van der Waals surface area contributed by atoms with Gasteiger partial charge in [-0.1, -0.05) is 0 Å². The van der Waals surface area contributed by atoms with Gasteiger partial charge in [0.25, 0.3) is 0 Å². The highest BCUT2D eigenvalue weighted by Crippen LogP contribution is 2.28. The van der Waals surface area contributed by atoms with Crippen molar-refractivity contribution in [2.24, 2.45) is 12.0 Å². The number of rotatable bonds is 1. The van der Waals surface area contributed by atoms with Crippen molar-refractivity contribution in [3.63, 3.8) is 0 Å². The van der Waals surface area contributed by atoms with Crippen LogP contribution in [0.4, 0.5) is 19.0 Å². The lowest BCUT2D eigenvalue weighted by Crippen LogP contribution is -2.18. The summed E-state index contributed by atoms with van der Waals surface area (Å²) >= 11 is 0. The lowest BCUT2D eigenvalue weighted by atomic mass is 9.95. The van der Waals surface area contributed by atoms with Gasteiger partial charge in [-0.25, -0.2) is 4.99 Å². The third kappa shape index (κ3) is 1.58. The van der Waals surface area contributed by atoms with Gasteiger partial charge in [-0.15, -0.1) is 0 Å². The number of aryl methyl sites for hydroxylation is 1. The van der Waals surface area contributed by atoms with Crippen LogP contribution >= 0.6 is 0 Å². The van der Waals surface area contributed by atoms with Gasteiger partial charge in [0.1, 0.15) is 13.7 Å². The van der Waals surface area contributed by atoms with Gasteiger partial charge >= 0.3 is 6.18 Å². The van der Waals surface area contributed by atoms with Crippen LogP contribution in [0.2, 0.25) is 0 Å². The Bertz CT molecular complexity index is 342. The molecule has 1 aromatic rings. The van der Waals surface area contributed by atoms with E-state index in [9.17, 15) is 13.2 Å². The van der Waals surface area contributed by atoms with Crippen LogP contribution in [0.5, 0.6) is 0 Å². The van der Waals surface area contributed by atoms with E-state index in [-0.39, 0.29) is 5.82 Å². The Labute approximate surface area is 73.7 Å². The Morgan fingerprint density at radius 1 is 1.54 bits per heavy atom. The average Bonchev–Trinajstić information content (AvgIpc) is 2.25. The van der Waals surface area contributed by atoms with Gasteiger partial charge < -0.3 is 0 Å². The lowest BCUT2D eigenvalue weighted by Gasteiger charge is -2.02. The van der Waals surface area contributed by atoms with E-state index in [1.165, 1.54) is 7.05 Å². The van der Waals surface area contributed by atoms with E-state index in [2.05, 4.69) is 16.8 Å². The molecule has 0 N–H and O–H groups in total. The molecule has 3 nitrogen and oxygen atoms in total. The number of nitrogens with zero attached hydrogens (tertiary/aromatic N) is 3. The van der Waals surface area contributed by atoms with E-state index < -0.39 is 17.3 Å². The second-order valence-corrected chi connectivity index (χ2v) is 2.37. The van der Waals surface area contributed by atoms with Crippen LogP contribution in [0, 0.1) is 0 Å². The van der Waals surface area contributed by atoms with Gasteiger partial charge in [0.05, 0.1) is 0 Å². The molecular formula is C6H5BF3N3. The van der Waals surface area contributed by atoms with E-state index in [0.29, 0.717) is 0 Å². The molecule has 0 unspecified atom stereocenters. The molecule has 7 heteroatoms. The normalized spacial score (nSPS) is 11.7. The zero-order valence-electron chi connectivity index (χ0n) is 6.76. The summed E-state index contributed by atoms with van der Waals surface area (Å²) in [6.07, 6.45) is -4.55.